The van der Waals surface area contributed by atoms with Crippen LogP contribution >= 0.6 is 0 Å². The Morgan fingerprint density at radius 2 is 2.24 bits per heavy atom. The number of rotatable bonds is 4. The van der Waals surface area contributed by atoms with Crippen molar-refractivity contribution in [1.82, 2.24) is 9.97 Å². The highest BCUT2D eigenvalue weighted by Crippen LogP contribution is 2.38. The number of hydrogen-bond acceptors (Lipinski definition) is 4. The highest BCUT2D eigenvalue weighted by atomic mass is 16.5. The first-order valence-electron chi connectivity index (χ1n) is 6.12. The standard InChI is InChI=1S/C13H18N2O2/c1-4-8(2)10-7-11(13(16)17-3)15-12(14-10)9-5-6-9/h7-9H,4-6H2,1-3H3. The molecular formula is C13H18N2O2. The number of ether oxygens (including phenoxy) is 1. The van der Waals surface area contributed by atoms with Crippen LogP contribution in [0.1, 0.15) is 67.0 Å². The zero-order valence-corrected chi connectivity index (χ0v) is 10.6. The molecule has 0 N–H and O–H groups in total. The van der Waals surface area contributed by atoms with Crippen molar-refractivity contribution in [3.63, 3.8) is 0 Å². The van der Waals surface area contributed by atoms with Crippen molar-refractivity contribution in [1.29, 1.82) is 0 Å². The lowest BCUT2D eigenvalue weighted by atomic mass is 10.0. The van der Waals surface area contributed by atoms with Crippen LogP contribution in [0.5, 0.6) is 0 Å². The highest BCUT2D eigenvalue weighted by Gasteiger charge is 2.28. The summed E-state index contributed by atoms with van der Waals surface area (Å²) in [5, 5.41) is 0. The van der Waals surface area contributed by atoms with E-state index in [4.69, 9.17) is 4.74 Å². The van der Waals surface area contributed by atoms with Crippen LogP contribution in [0.3, 0.4) is 0 Å². The number of carbonyl (C=O) groups is 1. The van der Waals surface area contributed by atoms with Gasteiger partial charge in [0.05, 0.1) is 7.11 Å². The lowest BCUT2D eigenvalue weighted by molar-refractivity contribution is 0.0593. The van der Waals surface area contributed by atoms with Gasteiger partial charge in [0.25, 0.3) is 0 Å². The lowest BCUT2D eigenvalue weighted by Crippen LogP contribution is -2.10. The second-order valence-corrected chi connectivity index (χ2v) is 4.61. The molecule has 0 amide bonds. The minimum absolute atomic E-state index is 0.346. The fourth-order valence-corrected chi connectivity index (χ4v) is 1.68. The predicted octanol–water partition coefficient (Wildman–Crippen LogP) is 2.65. The third kappa shape index (κ3) is 2.62. The minimum atomic E-state index is -0.376. The molecule has 0 saturated heterocycles. The quantitative estimate of drug-likeness (QED) is 0.751. The number of methoxy groups -OCH3 is 1. The van der Waals surface area contributed by atoms with Crippen LogP contribution in [0, 0.1) is 0 Å². The third-order valence-electron chi connectivity index (χ3n) is 3.22. The maximum absolute atomic E-state index is 11.6. The molecule has 1 saturated carbocycles. The van der Waals surface area contributed by atoms with Gasteiger partial charge in [0.2, 0.25) is 0 Å². The average molecular weight is 234 g/mol. The van der Waals surface area contributed by atoms with Crippen LogP contribution in [-0.4, -0.2) is 23.0 Å². The predicted molar refractivity (Wildman–Crippen MR) is 64.1 cm³/mol. The molecule has 4 nitrogen and oxygen atoms in total. The summed E-state index contributed by atoms with van der Waals surface area (Å²) in [4.78, 5) is 20.4. The van der Waals surface area contributed by atoms with E-state index in [-0.39, 0.29) is 5.97 Å². The Morgan fingerprint density at radius 1 is 1.53 bits per heavy atom. The van der Waals surface area contributed by atoms with Crippen LogP contribution in [0.2, 0.25) is 0 Å². The average Bonchev–Trinajstić information content (AvgIpc) is 3.20. The van der Waals surface area contributed by atoms with E-state index in [2.05, 4.69) is 23.8 Å². The van der Waals surface area contributed by atoms with Gasteiger partial charge in [0, 0.05) is 11.6 Å². The third-order valence-corrected chi connectivity index (χ3v) is 3.22. The second-order valence-electron chi connectivity index (χ2n) is 4.61. The van der Waals surface area contributed by atoms with E-state index in [1.54, 1.807) is 6.07 Å². The molecule has 0 spiro atoms. The van der Waals surface area contributed by atoms with Gasteiger partial charge in [-0.2, -0.15) is 0 Å². The first-order chi connectivity index (χ1) is 8.15. The molecule has 0 bridgehead atoms. The van der Waals surface area contributed by atoms with Gasteiger partial charge in [-0.15, -0.1) is 0 Å². The zero-order chi connectivity index (χ0) is 12.4. The van der Waals surface area contributed by atoms with Crippen molar-refractivity contribution in [2.75, 3.05) is 7.11 Å². The van der Waals surface area contributed by atoms with E-state index in [0.29, 0.717) is 17.5 Å². The highest BCUT2D eigenvalue weighted by molar-refractivity contribution is 5.87. The summed E-state index contributed by atoms with van der Waals surface area (Å²) >= 11 is 0. The normalized spacial score (nSPS) is 16.6. The second kappa shape index (κ2) is 4.82. The molecule has 1 unspecified atom stereocenters. The van der Waals surface area contributed by atoms with Crippen molar-refractivity contribution in [3.05, 3.63) is 23.3 Å². The first kappa shape index (κ1) is 12.0. The Labute approximate surface area is 101 Å². The molecule has 2 rings (SSSR count). The summed E-state index contributed by atoms with van der Waals surface area (Å²) in [6, 6.07) is 1.76. The van der Waals surface area contributed by atoms with Gasteiger partial charge in [-0.05, 0) is 31.2 Å². The molecular weight excluding hydrogens is 216 g/mol. The van der Waals surface area contributed by atoms with Gasteiger partial charge in [0.15, 0.2) is 5.69 Å². The maximum Gasteiger partial charge on any atom is 0.356 e. The monoisotopic (exact) mass is 234 g/mol. The molecule has 0 radical (unpaired) electrons. The number of carbonyl (C=O) groups excluding carboxylic acids is 1. The molecule has 17 heavy (non-hydrogen) atoms. The molecule has 4 heteroatoms. The Kier molecular flexibility index (Phi) is 3.41. The molecule has 0 aromatic carbocycles. The van der Waals surface area contributed by atoms with Crippen molar-refractivity contribution in [2.24, 2.45) is 0 Å². The minimum Gasteiger partial charge on any atom is -0.464 e. The first-order valence-corrected chi connectivity index (χ1v) is 6.12. The summed E-state index contributed by atoms with van der Waals surface area (Å²) in [6.45, 7) is 4.22. The van der Waals surface area contributed by atoms with Crippen LogP contribution in [0.4, 0.5) is 0 Å². The van der Waals surface area contributed by atoms with E-state index in [1.165, 1.54) is 7.11 Å². The van der Waals surface area contributed by atoms with Crippen molar-refractivity contribution in [2.45, 2.75) is 44.9 Å². The summed E-state index contributed by atoms with van der Waals surface area (Å²) < 4.78 is 4.73. The Balaban J connectivity index is 2.38. The SMILES string of the molecule is CCC(C)c1cc(C(=O)OC)nc(C2CC2)n1. The Morgan fingerprint density at radius 3 is 2.76 bits per heavy atom. The van der Waals surface area contributed by atoms with Gasteiger partial charge >= 0.3 is 5.97 Å². The van der Waals surface area contributed by atoms with E-state index >= 15 is 0 Å². The Bertz CT molecular complexity index is 427. The van der Waals surface area contributed by atoms with Crippen LogP contribution in [0.25, 0.3) is 0 Å². The largest absolute Gasteiger partial charge is 0.464 e. The van der Waals surface area contributed by atoms with Gasteiger partial charge in [0.1, 0.15) is 5.82 Å². The van der Waals surface area contributed by atoms with Crippen molar-refractivity contribution < 1.29 is 9.53 Å². The van der Waals surface area contributed by atoms with Crippen molar-refractivity contribution in [3.8, 4) is 0 Å². The smallest absolute Gasteiger partial charge is 0.356 e. The molecule has 1 aromatic heterocycles. The molecule has 1 heterocycles. The fraction of sp³-hybridized carbons (Fsp3) is 0.615. The number of nitrogens with zero attached hydrogens (tertiary/aromatic N) is 2. The van der Waals surface area contributed by atoms with Gasteiger partial charge in [-0.3, -0.25) is 0 Å². The molecule has 0 aliphatic heterocycles. The maximum atomic E-state index is 11.6. The molecule has 92 valence electrons. The number of aromatic nitrogens is 2. The summed E-state index contributed by atoms with van der Waals surface area (Å²) in [5.41, 5.74) is 1.34. The molecule has 1 atom stereocenters. The summed E-state index contributed by atoms with van der Waals surface area (Å²) in [5.74, 6) is 1.23. The Hall–Kier alpha value is -1.45. The summed E-state index contributed by atoms with van der Waals surface area (Å²) in [6.07, 6.45) is 3.26. The fourth-order valence-electron chi connectivity index (χ4n) is 1.68. The van der Waals surface area contributed by atoms with Crippen LogP contribution < -0.4 is 0 Å². The van der Waals surface area contributed by atoms with Crippen LogP contribution in [-0.2, 0) is 4.74 Å². The number of hydrogen-bond donors (Lipinski definition) is 0. The molecule has 1 aromatic rings. The van der Waals surface area contributed by atoms with E-state index < -0.39 is 0 Å². The van der Waals surface area contributed by atoms with E-state index in [0.717, 1.165) is 30.8 Å². The molecule has 1 aliphatic rings. The van der Waals surface area contributed by atoms with E-state index in [9.17, 15) is 4.79 Å². The summed E-state index contributed by atoms with van der Waals surface area (Å²) in [7, 11) is 1.38. The zero-order valence-electron chi connectivity index (χ0n) is 10.6. The molecule has 1 fully saturated rings. The molecule has 1 aliphatic carbocycles. The van der Waals surface area contributed by atoms with Crippen LogP contribution in [0.15, 0.2) is 6.07 Å². The van der Waals surface area contributed by atoms with Gasteiger partial charge < -0.3 is 4.74 Å². The lowest BCUT2D eigenvalue weighted by Gasteiger charge is -2.11. The number of esters is 1. The van der Waals surface area contributed by atoms with Gasteiger partial charge in [-0.25, -0.2) is 14.8 Å². The van der Waals surface area contributed by atoms with Crippen molar-refractivity contribution >= 4 is 5.97 Å². The topological polar surface area (TPSA) is 52.1 Å². The van der Waals surface area contributed by atoms with Gasteiger partial charge in [-0.1, -0.05) is 13.8 Å². The van der Waals surface area contributed by atoms with E-state index in [1.807, 2.05) is 0 Å².